The van der Waals surface area contributed by atoms with Gasteiger partial charge in [0.25, 0.3) is 0 Å². The van der Waals surface area contributed by atoms with Gasteiger partial charge in [-0.15, -0.1) is 0 Å². The first kappa shape index (κ1) is 6.61. The molecule has 1 aliphatic carbocycles. The molecule has 0 saturated carbocycles. The maximum Gasteiger partial charge on any atom is 0.327 e. The van der Waals surface area contributed by atoms with E-state index in [1.54, 1.807) is 0 Å². The number of hydrogen-bond acceptors (Lipinski definition) is 1. The summed E-state index contributed by atoms with van der Waals surface area (Å²) in [4.78, 5) is 0. The van der Waals surface area contributed by atoms with E-state index in [1.165, 1.54) is 0 Å². The Balaban J connectivity index is 2.68. The van der Waals surface area contributed by atoms with Crippen molar-refractivity contribution >= 4 is 0 Å². The van der Waals surface area contributed by atoms with Gasteiger partial charge in [0.05, 0.1) is 0 Å². The zero-order valence-corrected chi connectivity index (χ0v) is 4.70. The van der Waals surface area contributed by atoms with E-state index in [0.717, 1.165) is 13.2 Å². The van der Waals surface area contributed by atoms with Crippen LogP contribution in [-0.2, 0) is 4.74 Å². The molecule has 0 radical (unpaired) electrons. The van der Waals surface area contributed by atoms with Gasteiger partial charge in [0.2, 0.25) is 0 Å². The number of ether oxygens (including phenoxy) is 1. The van der Waals surface area contributed by atoms with Gasteiger partial charge in [0.1, 0.15) is 6.10 Å². The lowest BCUT2D eigenvalue weighted by atomic mass is 10.0. The molecule has 4 heteroatoms. The second-order valence-corrected chi connectivity index (χ2v) is 1.79. The van der Waals surface area contributed by atoms with E-state index in [2.05, 4.69) is 4.74 Å². The fraction of sp³-hybridized carbons (Fsp3) is 0.600. The fourth-order valence-corrected chi connectivity index (χ4v) is 0.604. The quantitative estimate of drug-likeness (QED) is 0.533. The van der Waals surface area contributed by atoms with E-state index < -0.39 is 17.9 Å². The summed E-state index contributed by atoms with van der Waals surface area (Å²) in [5.41, 5.74) is 0. The Morgan fingerprint density at radius 3 is 2.33 bits per heavy atom. The third-order valence-electron chi connectivity index (χ3n) is 1.23. The van der Waals surface area contributed by atoms with E-state index in [9.17, 15) is 13.2 Å². The van der Waals surface area contributed by atoms with Crippen molar-refractivity contribution in [2.24, 2.45) is 0 Å². The average molecular weight is 138 g/mol. The van der Waals surface area contributed by atoms with Crippen LogP contribution in [0.3, 0.4) is 0 Å². The smallest absolute Gasteiger partial charge is 0.327 e. The summed E-state index contributed by atoms with van der Waals surface area (Å²) in [6, 6.07) is 0. The molecule has 52 valence electrons. The third-order valence-corrected chi connectivity index (χ3v) is 1.23. The Labute approximate surface area is 50.1 Å². The molecule has 1 rings (SSSR count). The molecule has 9 heavy (non-hydrogen) atoms. The SMILES string of the molecule is COC1C=C(F)C1(F)F. The van der Waals surface area contributed by atoms with Crippen LogP contribution in [0.15, 0.2) is 11.9 Å². The lowest BCUT2D eigenvalue weighted by molar-refractivity contribution is -0.113. The molecule has 1 atom stereocenters. The van der Waals surface area contributed by atoms with Gasteiger partial charge in [-0.05, 0) is 6.08 Å². The van der Waals surface area contributed by atoms with Gasteiger partial charge in [0.15, 0.2) is 5.83 Å². The van der Waals surface area contributed by atoms with Crippen LogP contribution < -0.4 is 0 Å². The Bertz CT molecular complexity index is 152. The molecule has 0 fully saturated rings. The third kappa shape index (κ3) is 0.738. The molecule has 1 aliphatic rings. The molecule has 0 aromatic rings. The second-order valence-electron chi connectivity index (χ2n) is 1.79. The predicted molar refractivity (Wildman–Crippen MR) is 24.9 cm³/mol. The first-order valence-corrected chi connectivity index (χ1v) is 2.37. The van der Waals surface area contributed by atoms with E-state index >= 15 is 0 Å². The van der Waals surface area contributed by atoms with Crippen LogP contribution in [0.2, 0.25) is 0 Å². The van der Waals surface area contributed by atoms with Crippen molar-refractivity contribution in [2.75, 3.05) is 7.11 Å². The minimum atomic E-state index is -3.38. The molecule has 0 bridgehead atoms. The average Bonchev–Trinajstić information content (AvgIpc) is 1.82. The van der Waals surface area contributed by atoms with Crippen LogP contribution in [0.5, 0.6) is 0 Å². The monoisotopic (exact) mass is 138 g/mol. The van der Waals surface area contributed by atoms with Crippen molar-refractivity contribution in [2.45, 2.75) is 12.0 Å². The van der Waals surface area contributed by atoms with Gasteiger partial charge < -0.3 is 4.74 Å². The molecule has 0 spiro atoms. The molecule has 0 saturated heterocycles. The van der Waals surface area contributed by atoms with Gasteiger partial charge in [-0.25, -0.2) is 4.39 Å². The highest BCUT2D eigenvalue weighted by Crippen LogP contribution is 2.39. The van der Waals surface area contributed by atoms with Gasteiger partial charge in [-0.2, -0.15) is 8.78 Å². The minimum absolute atomic E-state index is 0.750. The first-order chi connectivity index (χ1) is 4.09. The topological polar surface area (TPSA) is 9.23 Å². The van der Waals surface area contributed by atoms with Crippen molar-refractivity contribution in [3.05, 3.63) is 11.9 Å². The first-order valence-electron chi connectivity index (χ1n) is 2.37. The van der Waals surface area contributed by atoms with Gasteiger partial charge in [-0.1, -0.05) is 0 Å². The summed E-state index contributed by atoms with van der Waals surface area (Å²) >= 11 is 0. The summed E-state index contributed by atoms with van der Waals surface area (Å²) in [6.07, 6.45) is -0.613. The van der Waals surface area contributed by atoms with Crippen LogP contribution >= 0.6 is 0 Å². The lowest BCUT2D eigenvalue weighted by Crippen LogP contribution is -2.42. The Morgan fingerprint density at radius 1 is 1.67 bits per heavy atom. The molecular formula is C5H5F3O. The van der Waals surface area contributed by atoms with E-state index in [0.29, 0.717) is 0 Å². The molecule has 0 aromatic heterocycles. The molecule has 0 heterocycles. The maximum absolute atomic E-state index is 12.0. The summed E-state index contributed by atoms with van der Waals surface area (Å²) in [5.74, 6) is -4.77. The van der Waals surface area contributed by atoms with Gasteiger partial charge in [0, 0.05) is 7.11 Å². The maximum atomic E-state index is 12.0. The fourth-order valence-electron chi connectivity index (χ4n) is 0.604. The Kier molecular flexibility index (Phi) is 1.27. The van der Waals surface area contributed by atoms with E-state index in [4.69, 9.17) is 0 Å². The highest BCUT2D eigenvalue weighted by Gasteiger charge is 2.52. The predicted octanol–water partition coefficient (Wildman–Crippen LogP) is 1.50. The molecule has 0 aromatic carbocycles. The number of hydrogen-bond donors (Lipinski definition) is 0. The van der Waals surface area contributed by atoms with Crippen molar-refractivity contribution in [1.82, 2.24) is 0 Å². The van der Waals surface area contributed by atoms with Crippen molar-refractivity contribution in [3.63, 3.8) is 0 Å². The van der Waals surface area contributed by atoms with E-state index in [-0.39, 0.29) is 0 Å². The Morgan fingerprint density at radius 2 is 2.22 bits per heavy atom. The largest absolute Gasteiger partial charge is 0.370 e. The Hall–Kier alpha value is -0.510. The molecule has 0 N–H and O–H groups in total. The normalized spacial score (nSPS) is 31.1. The summed E-state index contributed by atoms with van der Waals surface area (Å²) in [7, 11) is 1.11. The summed E-state index contributed by atoms with van der Waals surface area (Å²) in [5, 5.41) is 0. The van der Waals surface area contributed by atoms with E-state index in [1.807, 2.05) is 0 Å². The van der Waals surface area contributed by atoms with Crippen molar-refractivity contribution < 1.29 is 17.9 Å². The molecule has 1 nitrogen and oxygen atoms in total. The van der Waals surface area contributed by atoms with Crippen molar-refractivity contribution in [3.8, 4) is 0 Å². The lowest BCUT2D eigenvalue weighted by Gasteiger charge is -2.29. The van der Waals surface area contributed by atoms with Crippen LogP contribution in [0.1, 0.15) is 0 Å². The minimum Gasteiger partial charge on any atom is -0.370 e. The number of methoxy groups -OCH3 is 1. The zero-order chi connectivity index (χ0) is 7.07. The number of halogens is 3. The van der Waals surface area contributed by atoms with Gasteiger partial charge in [-0.3, -0.25) is 0 Å². The highest BCUT2D eigenvalue weighted by atomic mass is 19.3. The standard InChI is InChI=1S/C5H5F3O/c1-9-4-2-3(6)5(4,7)8/h2,4H,1H3. The molecule has 0 amide bonds. The number of alkyl halides is 2. The van der Waals surface area contributed by atoms with Crippen LogP contribution in [-0.4, -0.2) is 19.1 Å². The zero-order valence-electron chi connectivity index (χ0n) is 4.70. The molecule has 0 aliphatic heterocycles. The van der Waals surface area contributed by atoms with Crippen LogP contribution in [0.25, 0.3) is 0 Å². The van der Waals surface area contributed by atoms with Gasteiger partial charge >= 0.3 is 5.92 Å². The molecular weight excluding hydrogens is 133 g/mol. The highest BCUT2D eigenvalue weighted by molar-refractivity contribution is 5.24. The molecule has 1 unspecified atom stereocenters. The summed E-state index contributed by atoms with van der Waals surface area (Å²) < 4.78 is 40.0. The van der Waals surface area contributed by atoms with Crippen LogP contribution in [0, 0.1) is 0 Å². The number of rotatable bonds is 1. The van der Waals surface area contributed by atoms with Crippen molar-refractivity contribution in [1.29, 1.82) is 0 Å². The second kappa shape index (κ2) is 1.73. The van der Waals surface area contributed by atoms with Crippen LogP contribution in [0.4, 0.5) is 13.2 Å². The summed E-state index contributed by atoms with van der Waals surface area (Å²) in [6.45, 7) is 0.